The Morgan fingerprint density at radius 3 is 2.69 bits per heavy atom. The first-order chi connectivity index (χ1) is 6.11. The zero-order chi connectivity index (χ0) is 9.84. The minimum absolute atomic E-state index is 0.210. The molecule has 0 bridgehead atoms. The van der Waals surface area contributed by atoms with Crippen molar-refractivity contribution in [2.45, 2.75) is 6.42 Å². The van der Waals surface area contributed by atoms with E-state index >= 15 is 0 Å². The van der Waals surface area contributed by atoms with Gasteiger partial charge >= 0.3 is 0 Å². The standard InChI is InChI=1S/C9H12BrNOS/c1-11(2)4-3-9(12)7-5-13-6-8(7)10/h5-6H,3-4H2,1-2H3. The first-order valence-corrected chi connectivity index (χ1v) is 5.74. The van der Waals surface area contributed by atoms with Crippen LogP contribution in [0, 0.1) is 0 Å². The molecule has 4 heteroatoms. The first-order valence-electron chi connectivity index (χ1n) is 4.01. The summed E-state index contributed by atoms with van der Waals surface area (Å²) in [5.74, 6) is 0.210. The van der Waals surface area contributed by atoms with Gasteiger partial charge in [0.1, 0.15) is 0 Å². The predicted molar refractivity (Wildman–Crippen MR) is 59.5 cm³/mol. The van der Waals surface area contributed by atoms with Crippen LogP contribution in [0.1, 0.15) is 16.8 Å². The fraction of sp³-hybridized carbons (Fsp3) is 0.444. The smallest absolute Gasteiger partial charge is 0.166 e. The van der Waals surface area contributed by atoms with Gasteiger partial charge in [-0.3, -0.25) is 4.79 Å². The van der Waals surface area contributed by atoms with Gasteiger partial charge in [0.2, 0.25) is 0 Å². The van der Waals surface area contributed by atoms with Gasteiger partial charge in [-0.1, -0.05) is 0 Å². The number of hydrogen-bond acceptors (Lipinski definition) is 3. The Balaban J connectivity index is 2.54. The van der Waals surface area contributed by atoms with E-state index in [9.17, 15) is 4.79 Å². The lowest BCUT2D eigenvalue weighted by Crippen LogP contribution is -2.16. The number of hydrogen-bond donors (Lipinski definition) is 0. The summed E-state index contributed by atoms with van der Waals surface area (Å²) in [6.45, 7) is 0.807. The molecule has 0 aliphatic rings. The summed E-state index contributed by atoms with van der Waals surface area (Å²) in [4.78, 5) is 13.6. The fourth-order valence-electron chi connectivity index (χ4n) is 0.940. The highest BCUT2D eigenvalue weighted by Crippen LogP contribution is 2.22. The molecule has 0 saturated carbocycles. The highest BCUT2D eigenvalue weighted by molar-refractivity contribution is 9.10. The van der Waals surface area contributed by atoms with Gasteiger partial charge in [-0.25, -0.2) is 0 Å². The number of carbonyl (C=O) groups is 1. The van der Waals surface area contributed by atoms with Crippen molar-refractivity contribution < 1.29 is 4.79 Å². The molecule has 1 aromatic rings. The monoisotopic (exact) mass is 261 g/mol. The largest absolute Gasteiger partial charge is 0.309 e. The summed E-state index contributed by atoms with van der Waals surface area (Å²) in [7, 11) is 3.94. The minimum Gasteiger partial charge on any atom is -0.309 e. The molecule has 0 N–H and O–H groups in total. The third-order valence-corrected chi connectivity index (χ3v) is 3.40. The van der Waals surface area contributed by atoms with Gasteiger partial charge in [-0.05, 0) is 30.0 Å². The first kappa shape index (κ1) is 10.9. The van der Waals surface area contributed by atoms with Crippen LogP contribution < -0.4 is 0 Å². The Kier molecular flexibility index (Phi) is 4.09. The maximum Gasteiger partial charge on any atom is 0.166 e. The molecule has 0 aliphatic carbocycles. The number of halogens is 1. The highest BCUT2D eigenvalue weighted by Gasteiger charge is 2.10. The topological polar surface area (TPSA) is 20.3 Å². The van der Waals surface area contributed by atoms with Crippen molar-refractivity contribution in [1.82, 2.24) is 4.90 Å². The van der Waals surface area contributed by atoms with E-state index in [0.717, 1.165) is 16.6 Å². The molecule has 0 fully saturated rings. The van der Waals surface area contributed by atoms with Crippen molar-refractivity contribution >= 4 is 33.0 Å². The Morgan fingerprint density at radius 2 is 2.23 bits per heavy atom. The quantitative estimate of drug-likeness (QED) is 0.777. The van der Waals surface area contributed by atoms with Crippen LogP contribution in [0.15, 0.2) is 15.2 Å². The number of Topliss-reactive ketones (excluding diaryl/α,β-unsaturated/α-hetero) is 1. The molecule has 0 radical (unpaired) electrons. The number of carbonyl (C=O) groups excluding carboxylic acids is 1. The Hall–Kier alpha value is -0.190. The second-order valence-electron chi connectivity index (χ2n) is 3.11. The van der Waals surface area contributed by atoms with E-state index in [1.807, 2.05) is 29.8 Å². The predicted octanol–water partition coefficient (Wildman–Crippen LogP) is 2.65. The van der Waals surface area contributed by atoms with Crippen molar-refractivity contribution in [3.63, 3.8) is 0 Å². The highest BCUT2D eigenvalue weighted by atomic mass is 79.9. The van der Waals surface area contributed by atoms with Gasteiger partial charge in [0, 0.05) is 33.8 Å². The van der Waals surface area contributed by atoms with Gasteiger partial charge in [-0.2, -0.15) is 11.3 Å². The van der Waals surface area contributed by atoms with Crippen LogP contribution in [0.4, 0.5) is 0 Å². The van der Waals surface area contributed by atoms with Gasteiger partial charge in [-0.15, -0.1) is 0 Å². The maximum absolute atomic E-state index is 11.6. The molecule has 0 amide bonds. The van der Waals surface area contributed by atoms with Crippen molar-refractivity contribution in [2.24, 2.45) is 0 Å². The van der Waals surface area contributed by atoms with Crippen molar-refractivity contribution in [3.8, 4) is 0 Å². The van der Waals surface area contributed by atoms with E-state index in [1.54, 1.807) is 11.3 Å². The van der Waals surface area contributed by atoms with E-state index in [2.05, 4.69) is 15.9 Å². The minimum atomic E-state index is 0.210. The summed E-state index contributed by atoms with van der Waals surface area (Å²) in [6.07, 6.45) is 0.586. The summed E-state index contributed by atoms with van der Waals surface area (Å²) < 4.78 is 0.918. The lowest BCUT2D eigenvalue weighted by Gasteiger charge is -2.07. The molecule has 0 atom stereocenters. The van der Waals surface area contributed by atoms with E-state index in [4.69, 9.17) is 0 Å². The summed E-state index contributed by atoms with van der Waals surface area (Å²) in [6, 6.07) is 0. The lowest BCUT2D eigenvalue weighted by atomic mass is 10.1. The van der Waals surface area contributed by atoms with Gasteiger partial charge < -0.3 is 4.90 Å². The van der Waals surface area contributed by atoms with Crippen molar-refractivity contribution in [3.05, 3.63) is 20.8 Å². The number of rotatable bonds is 4. The molecule has 2 nitrogen and oxygen atoms in total. The van der Waals surface area contributed by atoms with E-state index in [1.165, 1.54) is 0 Å². The molecule has 0 unspecified atom stereocenters. The molecular weight excluding hydrogens is 250 g/mol. The second kappa shape index (κ2) is 4.88. The average Bonchev–Trinajstić information content (AvgIpc) is 2.47. The molecule has 72 valence electrons. The molecular formula is C9H12BrNOS. The van der Waals surface area contributed by atoms with Crippen LogP contribution in [-0.4, -0.2) is 31.3 Å². The zero-order valence-corrected chi connectivity index (χ0v) is 10.1. The molecule has 1 rings (SSSR count). The van der Waals surface area contributed by atoms with Gasteiger partial charge in [0.15, 0.2) is 5.78 Å². The molecule has 0 saturated heterocycles. The Labute approximate surface area is 90.7 Å². The lowest BCUT2D eigenvalue weighted by molar-refractivity contribution is 0.0972. The van der Waals surface area contributed by atoms with Gasteiger partial charge in [0.25, 0.3) is 0 Å². The normalized spacial score (nSPS) is 10.8. The average molecular weight is 262 g/mol. The Morgan fingerprint density at radius 1 is 1.54 bits per heavy atom. The number of ketones is 1. The maximum atomic E-state index is 11.6. The summed E-state index contributed by atoms with van der Waals surface area (Å²) in [5.41, 5.74) is 0.812. The van der Waals surface area contributed by atoms with Crippen LogP contribution in [0.5, 0.6) is 0 Å². The van der Waals surface area contributed by atoms with E-state index in [0.29, 0.717) is 6.42 Å². The molecule has 1 aromatic heterocycles. The van der Waals surface area contributed by atoms with Crippen LogP contribution >= 0.6 is 27.3 Å². The van der Waals surface area contributed by atoms with Crippen LogP contribution in [0.3, 0.4) is 0 Å². The number of thiophene rings is 1. The zero-order valence-electron chi connectivity index (χ0n) is 7.71. The number of nitrogens with zero attached hydrogens (tertiary/aromatic N) is 1. The molecule has 0 spiro atoms. The van der Waals surface area contributed by atoms with Crippen LogP contribution in [-0.2, 0) is 0 Å². The Bertz CT molecular complexity index is 296. The summed E-state index contributed by atoms with van der Waals surface area (Å²) in [5, 5.41) is 3.82. The fourth-order valence-corrected chi connectivity index (χ4v) is 2.46. The summed E-state index contributed by atoms with van der Waals surface area (Å²) >= 11 is 4.90. The molecule has 1 heterocycles. The molecule has 0 aromatic carbocycles. The third kappa shape index (κ3) is 3.21. The second-order valence-corrected chi connectivity index (χ2v) is 4.71. The SMILES string of the molecule is CN(C)CCC(=O)c1cscc1Br. The van der Waals surface area contributed by atoms with E-state index < -0.39 is 0 Å². The van der Waals surface area contributed by atoms with Crippen LogP contribution in [0.25, 0.3) is 0 Å². The molecule has 0 aliphatic heterocycles. The molecule has 13 heavy (non-hydrogen) atoms. The van der Waals surface area contributed by atoms with Gasteiger partial charge in [0.05, 0.1) is 0 Å². The van der Waals surface area contributed by atoms with Crippen molar-refractivity contribution in [1.29, 1.82) is 0 Å². The van der Waals surface area contributed by atoms with Crippen molar-refractivity contribution in [2.75, 3.05) is 20.6 Å². The van der Waals surface area contributed by atoms with Crippen LogP contribution in [0.2, 0.25) is 0 Å². The van der Waals surface area contributed by atoms with E-state index in [-0.39, 0.29) is 5.78 Å². The third-order valence-electron chi connectivity index (χ3n) is 1.70.